The lowest BCUT2D eigenvalue weighted by Crippen LogP contribution is -2.13. The van der Waals surface area contributed by atoms with Crippen LogP contribution in [0.2, 0.25) is 0 Å². The SMILES string of the molecule is COCc1cc(C(=O)Nc2ccc(C(=O)O)cc2C)no1. The van der Waals surface area contributed by atoms with E-state index in [4.69, 9.17) is 14.4 Å². The molecule has 0 saturated heterocycles. The molecule has 0 aliphatic heterocycles. The molecular formula is C14H14N2O5. The summed E-state index contributed by atoms with van der Waals surface area (Å²) in [7, 11) is 1.51. The minimum absolute atomic E-state index is 0.128. The highest BCUT2D eigenvalue weighted by atomic mass is 16.5. The van der Waals surface area contributed by atoms with Gasteiger partial charge in [-0.05, 0) is 30.7 Å². The van der Waals surface area contributed by atoms with Crippen LogP contribution in [0.5, 0.6) is 0 Å². The van der Waals surface area contributed by atoms with Gasteiger partial charge in [0.2, 0.25) is 0 Å². The molecule has 110 valence electrons. The van der Waals surface area contributed by atoms with Crippen molar-refractivity contribution in [1.82, 2.24) is 5.16 Å². The van der Waals surface area contributed by atoms with E-state index in [0.29, 0.717) is 17.0 Å². The molecule has 2 rings (SSSR count). The zero-order chi connectivity index (χ0) is 15.4. The standard InChI is InChI=1S/C14H14N2O5/c1-8-5-9(14(18)19)3-4-11(8)15-13(17)12-6-10(7-20-2)21-16-12/h3-6H,7H2,1-2H3,(H,15,17)(H,18,19). The van der Waals surface area contributed by atoms with Crippen molar-refractivity contribution in [2.75, 3.05) is 12.4 Å². The fraction of sp³-hybridized carbons (Fsp3) is 0.214. The van der Waals surface area contributed by atoms with Gasteiger partial charge in [0, 0.05) is 18.9 Å². The monoisotopic (exact) mass is 290 g/mol. The first kappa shape index (κ1) is 14.7. The average Bonchev–Trinajstić information content (AvgIpc) is 2.90. The van der Waals surface area contributed by atoms with Crippen LogP contribution in [0.25, 0.3) is 0 Å². The number of carbonyl (C=O) groups is 2. The van der Waals surface area contributed by atoms with Gasteiger partial charge in [0.1, 0.15) is 6.61 Å². The minimum Gasteiger partial charge on any atom is -0.478 e. The molecular weight excluding hydrogens is 276 g/mol. The number of anilines is 1. The summed E-state index contributed by atoms with van der Waals surface area (Å²) in [5.41, 5.74) is 1.45. The maximum absolute atomic E-state index is 12.0. The summed E-state index contributed by atoms with van der Waals surface area (Å²) in [5.74, 6) is -1.01. The van der Waals surface area contributed by atoms with Gasteiger partial charge < -0.3 is 19.7 Å². The molecule has 1 amide bonds. The molecule has 0 radical (unpaired) electrons. The van der Waals surface area contributed by atoms with Crippen molar-refractivity contribution < 1.29 is 24.0 Å². The minimum atomic E-state index is -1.02. The highest BCUT2D eigenvalue weighted by Gasteiger charge is 2.14. The number of carbonyl (C=O) groups excluding carboxylic acids is 1. The predicted octanol–water partition coefficient (Wildman–Crippen LogP) is 2.08. The van der Waals surface area contributed by atoms with E-state index in [9.17, 15) is 9.59 Å². The highest BCUT2D eigenvalue weighted by Crippen LogP contribution is 2.18. The Hall–Kier alpha value is -2.67. The lowest BCUT2D eigenvalue weighted by molar-refractivity contribution is 0.0696. The average molecular weight is 290 g/mol. The van der Waals surface area contributed by atoms with E-state index in [2.05, 4.69) is 10.5 Å². The number of carboxylic acid groups (broad SMARTS) is 1. The number of amides is 1. The maximum Gasteiger partial charge on any atom is 0.335 e. The van der Waals surface area contributed by atoms with E-state index < -0.39 is 11.9 Å². The summed E-state index contributed by atoms with van der Waals surface area (Å²) in [6.07, 6.45) is 0. The van der Waals surface area contributed by atoms with Crippen LogP contribution in [-0.2, 0) is 11.3 Å². The molecule has 0 saturated carbocycles. The van der Waals surface area contributed by atoms with Gasteiger partial charge in [0.25, 0.3) is 5.91 Å². The topological polar surface area (TPSA) is 102 Å². The third kappa shape index (κ3) is 3.46. The number of rotatable bonds is 5. The molecule has 0 aliphatic rings. The first-order valence-electron chi connectivity index (χ1n) is 6.11. The van der Waals surface area contributed by atoms with Crippen LogP contribution in [0.3, 0.4) is 0 Å². The second-order valence-electron chi connectivity index (χ2n) is 4.40. The van der Waals surface area contributed by atoms with Crippen LogP contribution < -0.4 is 5.32 Å². The van der Waals surface area contributed by atoms with Gasteiger partial charge in [-0.1, -0.05) is 5.16 Å². The zero-order valence-electron chi connectivity index (χ0n) is 11.5. The zero-order valence-corrected chi connectivity index (χ0v) is 11.5. The van der Waals surface area contributed by atoms with Crippen molar-refractivity contribution in [2.45, 2.75) is 13.5 Å². The number of hydrogen-bond donors (Lipinski definition) is 2. The molecule has 0 spiro atoms. The Morgan fingerprint density at radius 1 is 1.38 bits per heavy atom. The summed E-state index contributed by atoms with van der Waals surface area (Å²) < 4.78 is 9.80. The van der Waals surface area contributed by atoms with Crippen LogP contribution in [-0.4, -0.2) is 29.2 Å². The quantitative estimate of drug-likeness (QED) is 0.874. The number of hydrogen-bond acceptors (Lipinski definition) is 5. The van der Waals surface area contributed by atoms with Crippen molar-refractivity contribution in [2.24, 2.45) is 0 Å². The first-order chi connectivity index (χ1) is 10.0. The number of nitrogens with one attached hydrogen (secondary N) is 1. The normalized spacial score (nSPS) is 10.4. The molecule has 21 heavy (non-hydrogen) atoms. The number of aromatic carboxylic acids is 1. The van der Waals surface area contributed by atoms with E-state index in [1.54, 1.807) is 6.92 Å². The van der Waals surface area contributed by atoms with Crippen LogP contribution in [0.4, 0.5) is 5.69 Å². The van der Waals surface area contributed by atoms with Gasteiger partial charge in [-0.25, -0.2) is 4.79 Å². The van der Waals surface area contributed by atoms with E-state index >= 15 is 0 Å². The molecule has 1 aromatic carbocycles. The number of methoxy groups -OCH3 is 1. The van der Waals surface area contributed by atoms with E-state index in [-0.39, 0.29) is 17.9 Å². The fourth-order valence-corrected chi connectivity index (χ4v) is 1.75. The molecule has 7 heteroatoms. The predicted molar refractivity (Wildman–Crippen MR) is 73.3 cm³/mol. The molecule has 0 fully saturated rings. The Morgan fingerprint density at radius 2 is 2.14 bits per heavy atom. The second kappa shape index (κ2) is 6.19. The highest BCUT2D eigenvalue weighted by molar-refractivity contribution is 6.03. The van der Waals surface area contributed by atoms with E-state index in [1.807, 2.05) is 0 Å². The summed E-state index contributed by atoms with van der Waals surface area (Å²) >= 11 is 0. The summed E-state index contributed by atoms with van der Waals surface area (Å²) in [4.78, 5) is 22.9. The molecule has 1 aromatic heterocycles. The Morgan fingerprint density at radius 3 is 2.76 bits per heavy atom. The van der Waals surface area contributed by atoms with Gasteiger partial charge in [0.15, 0.2) is 11.5 Å². The van der Waals surface area contributed by atoms with Gasteiger partial charge in [-0.2, -0.15) is 0 Å². The van der Waals surface area contributed by atoms with E-state index in [1.165, 1.54) is 31.4 Å². The largest absolute Gasteiger partial charge is 0.478 e. The molecule has 0 atom stereocenters. The maximum atomic E-state index is 12.0. The molecule has 2 N–H and O–H groups in total. The Balaban J connectivity index is 2.13. The molecule has 1 heterocycles. The van der Waals surface area contributed by atoms with Gasteiger partial charge >= 0.3 is 5.97 Å². The molecule has 2 aromatic rings. The third-order valence-corrected chi connectivity index (χ3v) is 2.80. The van der Waals surface area contributed by atoms with Gasteiger partial charge in [-0.3, -0.25) is 4.79 Å². The number of carboxylic acids is 1. The summed E-state index contributed by atoms with van der Waals surface area (Å²) in [6, 6.07) is 5.92. The molecule has 0 bridgehead atoms. The smallest absolute Gasteiger partial charge is 0.335 e. The number of benzene rings is 1. The Labute approximate surface area is 120 Å². The molecule has 0 unspecified atom stereocenters. The lowest BCUT2D eigenvalue weighted by Gasteiger charge is -2.07. The number of ether oxygens (including phenoxy) is 1. The van der Waals surface area contributed by atoms with Crippen LogP contribution >= 0.6 is 0 Å². The van der Waals surface area contributed by atoms with Crippen molar-refractivity contribution >= 4 is 17.6 Å². The third-order valence-electron chi connectivity index (χ3n) is 2.80. The van der Waals surface area contributed by atoms with Crippen molar-refractivity contribution in [3.05, 3.63) is 46.8 Å². The summed E-state index contributed by atoms with van der Waals surface area (Å²) in [6.45, 7) is 1.94. The number of aryl methyl sites for hydroxylation is 1. The second-order valence-corrected chi connectivity index (χ2v) is 4.40. The molecule has 7 nitrogen and oxygen atoms in total. The van der Waals surface area contributed by atoms with Crippen molar-refractivity contribution in [1.29, 1.82) is 0 Å². The van der Waals surface area contributed by atoms with Crippen molar-refractivity contribution in [3.63, 3.8) is 0 Å². The van der Waals surface area contributed by atoms with Gasteiger partial charge in [-0.15, -0.1) is 0 Å². The van der Waals surface area contributed by atoms with E-state index in [0.717, 1.165) is 0 Å². The first-order valence-corrected chi connectivity index (χ1v) is 6.11. The lowest BCUT2D eigenvalue weighted by atomic mass is 10.1. The molecule has 0 aliphatic carbocycles. The number of nitrogens with zero attached hydrogens (tertiary/aromatic N) is 1. The van der Waals surface area contributed by atoms with Gasteiger partial charge in [0.05, 0.1) is 5.56 Å². The Bertz CT molecular complexity index is 678. The summed E-state index contributed by atoms with van der Waals surface area (Å²) in [5, 5.41) is 15.2. The van der Waals surface area contributed by atoms with Crippen LogP contribution in [0, 0.1) is 6.92 Å². The number of aromatic nitrogens is 1. The van der Waals surface area contributed by atoms with Crippen LogP contribution in [0.1, 0.15) is 32.2 Å². The Kier molecular flexibility index (Phi) is 4.34. The fourth-order valence-electron chi connectivity index (χ4n) is 1.75. The van der Waals surface area contributed by atoms with Crippen molar-refractivity contribution in [3.8, 4) is 0 Å². The van der Waals surface area contributed by atoms with Crippen LogP contribution in [0.15, 0.2) is 28.8 Å².